The maximum Gasteiger partial charge on any atom is 0.246 e. The minimum Gasteiger partial charge on any atom is -0.493 e. The number of amides is 1. The lowest BCUT2D eigenvalue weighted by Crippen LogP contribution is -2.28. The van der Waals surface area contributed by atoms with Gasteiger partial charge in [-0.3, -0.25) is 4.79 Å². The van der Waals surface area contributed by atoms with Gasteiger partial charge in [-0.2, -0.15) is 0 Å². The van der Waals surface area contributed by atoms with Crippen molar-refractivity contribution in [1.82, 2.24) is 5.32 Å². The van der Waals surface area contributed by atoms with Gasteiger partial charge >= 0.3 is 0 Å². The van der Waals surface area contributed by atoms with E-state index in [0.717, 1.165) is 22.2 Å². The average molecular weight is 329 g/mol. The van der Waals surface area contributed by atoms with Crippen LogP contribution in [0.4, 0.5) is 0 Å². The lowest BCUT2D eigenvalue weighted by atomic mass is 10.1. The first-order chi connectivity index (χ1) is 9.20. The van der Waals surface area contributed by atoms with E-state index in [1.807, 2.05) is 6.07 Å². The second-order valence-corrected chi connectivity index (χ2v) is 5.19. The van der Waals surface area contributed by atoms with Gasteiger partial charge in [-0.1, -0.05) is 15.9 Å². The topological polar surface area (TPSA) is 73.6 Å². The maximum atomic E-state index is 11.5. The van der Waals surface area contributed by atoms with Gasteiger partial charge < -0.3 is 20.5 Å². The molecule has 1 aromatic carbocycles. The Bertz CT molecular complexity index is 465. The average Bonchev–Trinajstić information content (AvgIpc) is 2.84. The van der Waals surface area contributed by atoms with E-state index < -0.39 is 0 Å². The second kappa shape index (κ2) is 6.88. The summed E-state index contributed by atoms with van der Waals surface area (Å²) < 4.78 is 11.7. The molecule has 0 saturated heterocycles. The highest BCUT2D eigenvalue weighted by atomic mass is 79.9. The summed E-state index contributed by atoms with van der Waals surface area (Å²) in [5.74, 6) is 0.742. The molecule has 2 rings (SSSR count). The minimum atomic E-state index is -0.153. The molecule has 0 aromatic heterocycles. The fourth-order valence-electron chi connectivity index (χ4n) is 1.97. The summed E-state index contributed by atoms with van der Waals surface area (Å²) in [4.78, 5) is 11.5. The van der Waals surface area contributed by atoms with Gasteiger partial charge in [0.05, 0.1) is 13.2 Å². The molecular formula is C13H17BrN2O3. The van der Waals surface area contributed by atoms with Crippen LogP contribution in [0.1, 0.15) is 11.1 Å². The van der Waals surface area contributed by atoms with E-state index in [-0.39, 0.29) is 12.5 Å². The van der Waals surface area contributed by atoms with Crippen molar-refractivity contribution < 1.29 is 14.3 Å². The zero-order valence-corrected chi connectivity index (χ0v) is 12.2. The van der Waals surface area contributed by atoms with Crippen LogP contribution >= 0.6 is 15.9 Å². The predicted molar refractivity (Wildman–Crippen MR) is 75.1 cm³/mol. The van der Waals surface area contributed by atoms with Gasteiger partial charge in [-0.15, -0.1) is 0 Å². The van der Waals surface area contributed by atoms with E-state index in [1.165, 1.54) is 5.56 Å². The minimum absolute atomic E-state index is 0.0360. The van der Waals surface area contributed by atoms with Gasteiger partial charge in [0.25, 0.3) is 0 Å². The molecule has 1 aliphatic heterocycles. The van der Waals surface area contributed by atoms with E-state index >= 15 is 0 Å². The number of nitrogens with one attached hydrogen (secondary N) is 1. The van der Waals surface area contributed by atoms with Gasteiger partial charge in [0, 0.05) is 29.5 Å². The van der Waals surface area contributed by atoms with Crippen molar-refractivity contribution in [2.75, 3.05) is 26.4 Å². The summed E-state index contributed by atoms with van der Waals surface area (Å²) in [6, 6.07) is 4.02. The summed E-state index contributed by atoms with van der Waals surface area (Å²) in [6.45, 7) is 1.98. The third-order valence-electron chi connectivity index (χ3n) is 2.80. The van der Waals surface area contributed by atoms with Crippen molar-refractivity contribution in [3.8, 4) is 5.75 Å². The largest absolute Gasteiger partial charge is 0.493 e. The molecule has 1 amide bonds. The van der Waals surface area contributed by atoms with Crippen LogP contribution in [-0.4, -0.2) is 32.3 Å². The number of hydrogen-bond donors (Lipinski definition) is 2. The Balaban J connectivity index is 1.91. The number of rotatable bonds is 6. The van der Waals surface area contributed by atoms with E-state index in [2.05, 4.69) is 27.3 Å². The number of carbonyl (C=O) groups is 1. The van der Waals surface area contributed by atoms with Crippen LogP contribution < -0.4 is 15.8 Å². The number of fused-ring (bicyclic) bond motifs is 1. The number of benzene rings is 1. The molecule has 0 spiro atoms. The van der Waals surface area contributed by atoms with Crippen LogP contribution in [-0.2, 0) is 22.5 Å². The Morgan fingerprint density at radius 3 is 3.16 bits per heavy atom. The van der Waals surface area contributed by atoms with Gasteiger partial charge in [0.15, 0.2) is 0 Å². The first-order valence-corrected chi connectivity index (χ1v) is 6.98. The van der Waals surface area contributed by atoms with Crippen molar-refractivity contribution in [2.45, 2.75) is 13.0 Å². The molecule has 0 aliphatic carbocycles. The van der Waals surface area contributed by atoms with Gasteiger partial charge in [0.1, 0.15) is 12.4 Å². The molecule has 19 heavy (non-hydrogen) atoms. The summed E-state index contributed by atoms with van der Waals surface area (Å²) in [6.07, 6.45) is 0.912. The van der Waals surface area contributed by atoms with E-state index in [1.54, 1.807) is 0 Å². The van der Waals surface area contributed by atoms with Crippen LogP contribution in [0.15, 0.2) is 16.6 Å². The lowest BCUT2D eigenvalue weighted by Gasteiger charge is -2.10. The molecule has 1 aromatic rings. The molecule has 0 radical (unpaired) electrons. The molecule has 3 N–H and O–H groups in total. The third-order valence-corrected chi connectivity index (χ3v) is 3.25. The number of hydrogen-bond acceptors (Lipinski definition) is 4. The molecule has 1 aliphatic rings. The summed E-state index contributed by atoms with van der Waals surface area (Å²) in [7, 11) is 0. The Labute approximate surface area is 120 Å². The van der Waals surface area contributed by atoms with E-state index in [0.29, 0.717) is 26.3 Å². The van der Waals surface area contributed by atoms with Crippen LogP contribution in [0.2, 0.25) is 0 Å². The number of ether oxygens (including phenoxy) is 2. The van der Waals surface area contributed by atoms with Crippen LogP contribution in [0.25, 0.3) is 0 Å². The fraction of sp³-hybridized carbons (Fsp3) is 0.462. The highest BCUT2D eigenvalue weighted by Crippen LogP contribution is 2.32. The molecule has 0 saturated carbocycles. The highest BCUT2D eigenvalue weighted by Gasteiger charge is 2.17. The van der Waals surface area contributed by atoms with Gasteiger partial charge in [0.2, 0.25) is 5.91 Å². The first-order valence-electron chi connectivity index (χ1n) is 6.19. The maximum absolute atomic E-state index is 11.5. The van der Waals surface area contributed by atoms with Crippen molar-refractivity contribution in [3.63, 3.8) is 0 Å². The molecule has 6 heteroatoms. The van der Waals surface area contributed by atoms with Gasteiger partial charge in [-0.05, 0) is 17.7 Å². The Hall–Kier alpha value is -1.11. The zero-order valence-electron chi connectivity index (χ0n) is 10.6. The third kappa shape index (κ3) is 3.92. The number of nitrogens with two attached hydrogens (primary N) is 1. The quantitative estimate of drug-likeness (QED) is 0.763. The summed E-state index contributed by atoms with van der Waals surface area (Å²) in [5.41, 5.74) is 7.44. The Kier molecular flexibility index (Phi) is 5.18. The van der Waals surface area contributed by atoms with Crippen molar-refractivity contribution in [2.24, 2.45) is 5.73 Å². The second-order valence-electron chi connectivity index (χ2n) is 4.27. The predicted octanol–water partition coefficient (Wildman–Crippen LogP) is 0.975. The standard InChI is InChI=1S/C13H17BrN2O3/c14-11-5-9-1-3-19-13(9)10(6-11)7-16-12(17)8-18-4-2-15/h5-6H,1-4,7-8,15H2,(H,16,17). The molecule has 0 fully saturated rings. The summed E-state index contributed by atoms with van der Waals surface area (Å²) >= 11 is 3.47. The Morgan fingerprint density at radius 1 is 1.53 bits per heavy atom. The van der Waals surface area contributed by atoms with Crippen LogP contribution in [0, 0.1) is 0 Å². The van der Waals surface area contributed by atoms with Crippen LogP contribution in [0.5, 0.6) is 5.75 Å². The molecule has 0 unspecified atom stereocenters. The monoisotopic (exact) mass is 328 g/mol. The molecule has 5 nitrogen and oxygen atoms in total. The Morgan fingerprint density at radius 2 is 2.37 bits per heavy atom. The van der Waals surface area contributed by atoms with Gasteiger partial charge in [-0.25, -0.2) is 0 Å². The van der Waals surface area contributed by atoms with Crippen LogP contribution in [0.3, 0.4) is 0 Å². The van der Waals surface area contributed by atoms with E-state index in [9.17, 15) is 4.79 Å². The SMILES string of the molecule is NCCOCC(=O)NCc1cc(Br)cc2c1OCC2. The highest BCUT2D eigenvalue weighted by molar-refractivity contribution is 9.10. The summed E-state index contributed by atoms with van der Waals surface area (Å²) in [5, 5.41) is 2.81. The van der Waals surface area contributed by atoms with E-state index in [4.69, 9.17) is 15.2 Å². The van der Waals surface area contributed by atoms with Crippen molar-refractivity contribution in [3.05, 3.63) is 27.7 Å². The number of carbonyl (C=O) groups excluding carboxylic acids is 1. The fourth-order valence-corrected chi connectivity index (χ4v) is 2.52. The molecule has 104 valence electrons. The number of halogens is 1. The molecular weight excluding hydrogens is 312 g/mol. The first kappa shape index (κ1) is 14.3. The zero-order chi connectivity index (χ0) is 13.7. The molecule has 0 bridgehead atoms. The van der Waals surface area contributed by atoms with Crippen molar-refractivity contribution >= 4 is 21.8 Å². The normalized spacial score (nSPS) is 12.9. The molecule has 1 heterocycles. The molecule has 0 atom stereocenters. The smallest absolute Gasteiger partial charge is 0.246 e. The lowest BCUT2D eigenvalue weighted by molar-refractivity contribution is -0.125. The van der Waals surface area contributed by atoms with Crippen molar-refractivity contribution in [1.29, 1.82) is 0 Å².